The van der Waals surface area contributed by atoms with Crippen molar-refractivity contribution < 1.29 is 5.11 Å². The van der Waals surface area contributed by atoms with E-state index < -0.39 is 0 Å². The number of anilines is 1. The van der Waals surface area contributed by atoms with Crippen LogP contribution in [0.4, 0.5) is 5.69 Å². The van der Waals surface area contributed by atoms with E-state index in [1.165, 1.54) is 5.01 Å². The first-order valence-corrected chi connectivity index (χ1v) is 3.45. The largest absolute Gasteiger partial charge is 0.508 e. The maximum Gasteiger partial charge on any atom is 0.115 e. The number of benzene rings is 1. The predicted molar refractivity (Wildman–Crippen MR) is 50.3 cm³/mol. The van der Waals surface area contributed by atoms with Crippen LogP contribution >= 0.6 is 0 Å². The van der Waals surface area contributed by atoms with Gasteiger partial charge in [0, 0.05) is 12.9 Å². The van der Waals surface area contributed by atoms with Crippen molar-refractivity contribution in [2.45, 2.75) is 0 Å². The van der Waals surface area contributed by atoms with Crippen molar-refractivity contribution in [3.05, 3.63) is 37.0 Å². The van der Waals surface area contributed by atoms with Gasteiger partial charge in [-0.1, -0.05) is 6.58 Å². The number of hydrazone groups is 1. The Morgan fingerprint density at radius 3 is 2.33 bits per heavy atom. The number of aromatic hydroxyl groups is 1. The zero-order chi connectivity index (χ0) is 8.97. The lowest BCUT2D eigenvalue weighted by molar-refractivity contribution is 0.475. The van der Waals surface area contributed by atoms with E-state index in [9.17, 15) is 0 Å². The van der Waals surface area contributed by atoms with Gasteiger partial charge in [0.25, 0.3) is 0 Å². The zero-order valence-electron chi connectivity index (χ0n) is 6.64. The topological polar surface area (TPSA) is 35.8 Å². The van der Waals surface area contributed by atoms with Crippen molar-refractivity contribution in [2.24, 2.45) is 5.10 Å². The maximum atomic E-state index is 8.99. The molecule has 0 spiro atoms. The molecule has 3 nitrogen and oxygen atoms in total. The van der Waals surface area contributed by atoms with Crippen LogP contribution in [0.2, 0.25) is 0 Å². The van der Waals surface area contributed by atoms with E-state index in [1.807, 2.05) is 0 Å². The summed E-state index contributed by atoms with van der Waals surface area (Å²) >= 11 is 0. The number of hydrogen-bond acceptors (Lipinski definition) is 3. The number of rotatable bonds is 3. The molecule has 0 heterocycles. The average Bonchev–Trinajstić information content (AvgIpc) is 2.10. The summed E-state index contributed by atoms with van der Waals surface area (Å²) < 4.78 is 0. The van der Waals surface area contributed by atoms with E-state index in [1.54, 1.807) is 30.5 Å². The van der Waals surface area contributed by atoms with Crippen LogP contribution in [0.15, 0.2) is 42.1 Å². The Morgan fingerprint density at radius 2 is 1.92 bits per heavy atom. The fourth-order valence-electron chi connectivity index (χ4n) is 0.850. The normalized spacial score (nSPS) is 9.00. The third-order valence-electron chi connectivity index (χ3n) is 1.44. The third kappa shape index (κ3) is 1.63. The monoisotopic (exact) mass is 162 g/mol. The second-order valence-corrected chi connectivity index (χ2v) is 2.18. The summed E-state index contributed by atoms with van der Waals surface area (Å²) in [7, 11) is 0. The number of phenols is 1. The van der Waals surface area contributed by atoms with Gasteiger partial charge < -0.3 is 5.11 Å². The van der Waals surface area contributed by atoms with Gasteiger partial charge in [-0.3, -0.25) is 0 Å². The highest BCUT2D eigenvalue weighted by molar-refractivity contribution is 5.51. The summed E-state index contributed by atoms with van der Waals surface area (Å²) in [6.45, 7) is 6.93. The number of nitrogens with zero attached hydrogens (tertiary/aromatic N) is 2. The van der Waals surface area contributed by atoms with E-state index >= 15 is 0 Å². The summed E-state index contributed by atoms with van der Waals surface area (Å²) in [6, 6.07) is 6.62. The molecule has 0 fully saturated rings. The lowest BCUT2D eigenvalue weighted by atomic mass is 10.3. The van der Waals surface area contributed by atoms with Crippen molar-refractivity contribution in [3.63, 3.8) is 0 Å². The van der Waals surface area contributed by atoms with Gasteiger partial charge in [0.1, 0.15) is 5.75 Å². The zero-order valence-corrected chi connectivity index (χ0v) is 6.64. The van der Waals surface area contributed by atoms with Crippen molar-refractivity contribution in [1.29, 1.82) is 0 Å². The van der Waals surface area contributed by atoms with Crippen LogP contribution < -0.4 is 5.01 Å². The van der Waals surface area contributed by atoms with Gasteiger partial charge >= 0.3 is 0 Å². The molecule has 0 bridgehead atoms. The van der Waals surface area contributed by atoms with Crippen molar-refractivity contribution in [1.82, 2.24) is 0 Å². The van der Waals surface area contributed by atoms with Gasteiger partial charge in [0.15, 0.2) is 0 Å². The Bertz CT molecular complexity index is 271. The van der Waals surface area contributed by atoms with Crippen LogP contribution in [0.5, 0.6) is 5.75 Å². The molecular weight excluding hydrogens is 152 g/mol. The van der Waals surface area contributed by atoms with E-state index in [2.05, 4.69) is 18.4 Å². The van der Waals surface area contributed by atoms with Crippen LogP contribution in [0, 0.1) is 0 Å². The molecule has 12 heavy (non-hydrogen) atoms. The van der Waals surface area contributed by atoms with Gasteiger partial charge in [-0.15, -0.1) is 0 Å². The van der Waals surface area contributed by atoms with Gasteiger partial charge in [-0.25, -0.2) is 5.01 Å². The Balaban J connectivity index is 2.94. The fourth-order valence-corrected chi connectivity index (χ4v) is 0.850. The van der Waals surface area contributed by atoms with Crippen LogP contribution in [0.1, 0.15) is 0 Å². The molecule has 1 aromatic rings. The quantitative estimate of drug-likeness (QED) is 0.544. The van der Waals surface area contributed by atoms with Gasteiger partial charge in [-0.05, 0) is 24.3 Å². The van der Waals surface area contributed by atoms with Crippen molar-refractivity contribution in [3.8, 4) is 5.75 Å². The smallest absolute Gasteiger partial charge is 0.115 e. The lowest BCUT2D eigenvalue weighted by Gasteiger charge is -2.11. The molecule has 0 saturated carbocycles. The van der Waals surface area contributed by atoms with E-state index in [0.29, 0.717) is 0 Å². The molecule has 0 aromatic heterocycles. The van der Waals surface area contributed by atoms with Crippen LogP contribution in [0.3, 0.4) is 0 Å². The highest BCUT2D eigenvalue weighted by Crippen LogP contribution is 2.18. The molecule has 0 amide bonds. The molecule has 0 unspecified atom stereocenters. The lowest BCUT2D eigenvalue weighted by Crippen LogP contribution is -2.04. The standard InChI is InChI=1S/C9H10N2O/c1-3-11(10-2)8-4-6-9(12)7-5-8/h3-7,12H,1-2H2. The molecular formula is C9H10N2O. The Labute approximate surface area is 71.3 Å². The Kier molecular flexibility index (Phi) is 2.48. The van der Waals surface area contributed by atoms with Gasteiger partial charge in [0.05, 0.1) is 5.69 Å². The molecule has 1 aromatic carbocycles. The van der Waals surface area contributed by atoms with Crippen LogP contribution in [0.25, 0.3) is 0 Å². The first kappa shape index (κ1) is 8.33. The summed E-state index contributed by atoms with van der Waals surface area (Å²) in [6.07, 6.45) is 1.54. The molecule has 0 radical (unpaired) electrons. The predicted octanol–water partition coefficient (Wildman–Crippen LogP) is 1.96. The number of phenolic OH excluding ortho intramolecular Hbond substituents is 1. The Hall–Kier alpha value is -1.77. The number of hydrogen-bond donors (Lipinski definition) is 1. The highest BCUT2D eigenvalue weighted by atomic mass is 16.3. The summed E-state index contributed by atoms with van der Waals surface area (Å²) in [5.41, 5.74) is 0.817. The first-order chi connectivity index (χ1) is 5.77. The molecule has 1 N–H and O–H groups in total. The average molecular weight is 162 g/mol. The summed E-state index contributed by atoms with van der Waals surface area (Å²) in [5, 5.41) is 14.2. The van der Waals surface area contributed by atoms with E-state index in [0.717, 1.165) is 5.69 Å². The summed E-state index contributed by atoms with van der Waals surface area (Å²) in [4.78, 5) is 0. The highest BCUT2D eigenvalue weighted by Gasteiger charge is 1.97. The Morgan fingerprint density at radius 1 is 1.33 bits per heavy atom. The second-order valence-electron chi connectivity index (χ2n) is 2.18. The second kappa shape index (κ2) is 3.57. The molecule has 0 atom stereocenters. The molecule has 0 aliphatic rings. The summed E-state index contributed by atoms with van der Waals surface area (Å²) in [5.74, 6) is 0.229. The fraction of sp³-hybridized carbons (Fsp3) is 0. The van der Waals surface area contributed by atoms with Gasteiger partial charge in [-0.2, -0.15) is 5.10 Å². The first-order valence-electron chi connectivity index (χ1n) is 3.45. The molecule has 0 aliphatic heterocycles. The van der Waals surface area contributed by atoms with E-state index in [4.69, 9.17) is 5.11 Å². The molecule has 0 aliphatic carbocycles. The van der Waals surface area contributed by atoms with Crippen molar-refractivity contribution in [2.75, 3.05) is 5.01 Å². The van der Waals surface area contributed by atoms with Crippen molar-refractivity contribution >= 4 is 12.4 Å². The minimum Gasteiger partial charge on any atom is -0.508 e. The SMILES string of the molecule is C=CN(N=C)c1ccc(O)cc1. The molecule has 0 saturated heterocycles. The minimum atomic E-state index is 0.229. The maximum absolute atomic E-state index is 8.99. The minimum absolute atomic E-state index is 0.229. The van der Waals surface area contributed by atoms with Gasteiger partial charge in [0.2, 0.25) is 0 Å². The molecule has 62 valence electrons. The van der Waals surface area contributed by atoms with Crippen LogP contribution in [-0.2, 0) is 0 Å². The molecule has 1 rings (SSSR count). The third-order valence-corrected chi connectivity index (χ3v) is 1.44. The molecule has 3 heteroatoms. The van der Waals surface area contributed by atoms with Crippen LogP contribution in [-0.4, -0.2) is 11.8 Å². The van der Waals surface area contributed by atoms with E-state index in [-0.39, 0.29) is 5.75 Å².